The molecule has 0 aromatic heterocycles. The van der Waals surface area contributed by atoms with Crippen molar-refractivity contribution in [2.45, 2.75) is 17.3 Å². The van der Waals surface area contributed by atoms with Crippen LogP contribution in [0.5, 0.6) is 0 Å². The van der Waals surface area contributed by atoms with Gasteiger partial charge >= 0.3 is 0 Å². The van der Waals surface area contributed by atoms with E-state index in [1.165, 1.54) is 122 Å². The fourth-order valence-corrected chi connectivity index (χ4v) is 12.7. The first-order chi connectivity index (χ1) is 37.2. The van der Waals surface area contributed by atoms with Gasteiger partial charge in [0.15, 0.2) is 0 Å². The van der Waals surface area contributed by atoms with Crippen molar-refractivity contribution in [1.29, 1.82) is 0 Å². The highest BCUT2D eigenvalue weighted by Crippen LogP contribution is 2.63. The Morgan fingerprint density at radius 1 is 0.173 bits per heavy atom. The average Bonchev–Trinajstić information content (AvgIpc) is 4.01. The maximum Gasteiger partial charge on any atom is 0.0725 e. The minimum Gasteiger partial charge on any atom is -0.0622 e. The van der Waals surface area contributed by atoms with Gasteiger partial charge in [-0.15, -0.1) is 0 Å². The molecule has 0 heteroatoms. The standard InChI is InChI=1S/C75H52/c1-5-17-51(18-6-1)54-29-31-57(32-30-54)58-37-43-60(44-38-58)73(59-23-11-4-12-24-59)63-45-47-67-68-48-46-64(50-72(68)75(71(67)49-63)69-27-15-13-25-65(69)66-26-14-16-28-70(66)75)74(61-39-33-55(34-40-61)52-19-7-2-8-20-52)62-41-35-56(36-42-62)53-21-9-3-10-22-53/h1-50,73-74H. The average molecular weight is 953 g/mol. The molecule has 0 saturated carbocycles. The molecule has 1 spiro atoms. The van der Waals surface area contributed by atoms with Crippen LogP contribution in [-0.4, -0.2) is 0 Å². The summed E-state index contributed by atoms with van der Waals surface area (Å²) in [5.74, 6) is -0.00305. The van der Waals surface area contributed by atoms with E-state index >= 15 is 0 Å². The smallest absolute Gasteiger partial charge is 0.0622 e. The second-order valence-electron chi connectivity index (χ2n) is 20.3. The lowest BCUT2D eigenvalue weighted by Crippen LogP contribution is -2.26. The van der Waals surface area contributed by atoms with Crippen LogP contribution in [0.1, 0.15) is 67.5 Å². The molecule has 0 amide bonds. The monoisotopic (exact) mass is 952 g/mol. The SMILES string of the molecule is c1ccc(-c2ccc(-c3ccc(C(c4ccccc4)c4ccc5c(c4)C4(c6ccccc6-c6ccccc64)c4cc(C(c6ccc(-c7ccccc7)cc6)c6ccc(-c7ccccc7)cc6)ccc4-5)cc3)cc2)cc1. The summed E-state index contributed by atoms with van der Waals surface area (Å²) in [6.07, 6.45) is 0. The van der Waals surface area contributed by atoms with Crippen LogP contribution in [-0.2, 0) is 5.41 Å². The van der Waals surface area contributed by atoms with E-state index in [0.717, 1.165) is 0 Å². The Balaban J connectivity index is 0.921. The Hall–Kier alpha value is -9.36. The van der Waals surface area contributed by atoms with E-state index < -0.39 is 5.41 Å². The minimum atomic E-state index is -0.542. The van der Waals surface area contributed by atoms with Crippen LogP contribution in [0.2, 0.25) is 0 Å². The first-order valence-electron chi connectivity index (χ1n) is 26.3. The number of hydrogen-bond acceptors (Lipinski definition) is 0. The van der Waals surface area contributed by atoms with Gasteiger partial charge in [0.1, 0.15) is 0 Å². The summed E-state index contributed by atoms with van der Waals surface area (Å²) in [5, 5.41) is 0. The van der Waals surface area contributed by atoms with E-state index in [2.05, 4.69) is 303 Å². The molecule has 2 aliphatic rings. The zero-order chi connectivity index (χ0) is 49.7. The summed E-state index contributed by atoms with van der Waals surface area (Å²) in [6.45, 7) is 0. The Bertz CT molecular complexity index is 3860. The molecule has 0 heterocycles. The molecular formula is C75H52. The van der Waals surface area contributed by atoms with Gasteiger partial charge in [0.2, 0.25) is 0 Å². The molecule has 0 radical (unpaired) electrons. The van der Waals surface area contributed by atoms with Crippen molar-refractivity contribution in [2.75, 3.05) is 0 Å². The molecule has 0 saturated heterocycles. The van der Waals surface area contributed by atoms with Crippen LogP contribution in [0.3, 0.4) is 0 Å². The molecular weight excluding hydrogens is 901 g/mol. The third kappa shape index (κ3) is 7.60. The summed E-state index contributed by atoms with van der Waals surface area (Å²) >= 11 is 0. The van der Waals surface area contributed by atoms with E-state index in [4.69, 9.17) is 0 Å². The van der Waals surface area contributed by atoms with E-state index in [1.807, 2.05) is 0 Å². The molecule has 2 aliphatic carbocycles. The van der Waals surface area contributed by atoms with Crippen molar-refractivity contribution in [1.82, 2.24) is 0 Å². The van der Waals surface area contributed by atoms with Crippen molar-refractivity contribution >= 4 is 0 Å². The molecule has 0 nitrogen and oxygen atoms in total. The topological polar surface area (TPSA) is 0 Å². The molecule has 0 bridgehead atoms. The summed E-state index contributed by atoms with van der Waals surface area (Å²) in [4.78, 5) is 0. The highest BCUT2D eigenvalue weighted by molar-refractivity contribution is 5.95. The molecule has 12 aromatic rings. The molecule has 0 fully saturated rings. The highest BCUT2D eigenvalue weighted by Gasteiger charge is 2.52. The Kier molecular flexibility index (Phi) is 11.0. The van der Waals surface area contributed by atoms with Crippen LogP contribution in [0.15, 0.2) is 303 Å². The molecule has 0 N–H and O–H groups in total. The second kappa shape index (κ2) is 18.6. The first-order valence-corrected chi connectivity index (χ1v) is 26.3. The third-order valence-corrected chi connectivity index (χ3v) is 16.2. The molecule has 1 unspecified atom stereocenters. The summed E-state index contributed by atoms with van der Waals surface area (Å²) in [6, 6.07) is 113. The second-order valence-corrected chi connectivity index (χ2v) is 20.3. The van der Waals surface area contributed by atoms with Gasteiger partial charge in [-0.3, -0.25) is 0 Å². The summed E-state index contributed by atoms with van der Waals surface area (Å²) in [5.41, 5.74) is 27.4. The Morgan fingerprint density at radius 3 is 0.760 bits per heavy atom. The van der Waals surface area contributed by atoms with Crippen molar-refractivity contribution in [3.05, 3.63) is 359 Å². The van der Waals surface area contributed by atoms with Crippen LogP contribution in [0.4, 0.5) is 0 Å². The highest BCUT2D eigenvalue weighted by atomic mass is 14.5. The van der Waals surface area contributed by atoms with E-state index in [-0.39, 0.29) is 11.8 Å². The van der Waals surface area contributed by atoms with Crippen molar-refractivity contribution in [3.8, 4) is 66.8 Å². The molecule has 1 atom stereocenters. The fraction of sp³-hybridized carbons (Fsp3) is 0.0400. The van der Waals surface area contributed by atoms with Gasteiger partial charge < -0.3 is 0 Å². The fourth-order valence-electron chi connectivity index (χ4n) is 12.7. The number of fused-ring (bicyclic) bond motifs is 10. The predicted octanol–water partition coefficient (Wildman–Crippen LogP) is 19.1. The largest absolute Gasteiger partial charge is 0.0725 e. The molecule has 75 heavy (non-hydrogen) atoms. The zero-order valence-corrected chi connectivity index (χ0v) is 41.5. The van der Waals surface area contributed by atoms with E-state index in [0.29, 0.717) is 0 Å². The Labute approximate surface area is 440 Å². The van der Waals surface area contributed by atoms with Gasteiger partial charge in [-0.05, 0) is 122 Å². The van der Waals surface area contributed by atoms with Gasteiger partial charge in [-0.1, -0.05) is 303 Å². The van der Waals surface area contributed by atoms with Crippen LogP contribution < -0.4 is 0 Å². The lowest BCUT2D eigenvalue weighted by molar-refractivity contribution is 0.786. The number of hydrogen-bond donors (Lipinski definition) is 0. The van der Waals surface area contributed by atoms with Gasteiger partial charge in [-0.2, -0.15) is 0 Å². The van der Waals surface area contributed by atoms with Gasteiger partial charge in [0, 0.05) is 11.8 Å². The predicted molar refractivity (Wildman–Crippen MR) is 312 cm³/mol. The quantitative estimate of drug-likeness (QED) is 0.120. The number of benzene rings is 12. The number of rotatable bonds is 10. The molecule has 0 aliphatic heterocycles. The maximum atomic E-state index is 2.58. The minimum absolute atomic E-state index is 0.0105. The van der Waals surface area contributed by atoms with Gasteiger partial charge in [0.25, 0.3) is 0 Å². The van der Waals surface area contributed by atoms with Gasteiger partial charge in [0.05, 0.1) is 5.41 Å². The normalized spacial score (nSPS) is 13.0. The lowest BCUT2D eigenvalue weighted by Gasteiger charge is -2.32. The molecule has 12 aromatic carbocycles. The van der Waals surface area contributed by atoms with Gasteiger partial charge in [-0.25, -0.2) is 0 Å². The van der Waals surface area contributed by atoms with Crippen molar-refractivity contribution in [2.24, 2.45) is 0 Å². The first kappa shape index (κ1) is 44.3. The zero-order valence-electron chi connectivity index (χ0n) is 41.5. The third-order valence-electron chi connectivity index (χ3n) is 16.2. The van der Waals surface area contributed by atoms with Crippen LogP contribution >= 0.6 is 0 Å². The van der Waals surface area contributed by atoms with Crippen molar-refractivity contribution in [3.63, 3.8) is 0 Å². The van der Waals surface area contributed by atoms with Crippen LogP contribution in [0.25, 0.3) is 66.8 Å². The van der Waals surface area contributed by atoms with Crippen LogP contribution in [0, 0.1) is 0 Å². The van der Waals surface area contributed by atoms with E-state index in [1.54, 1.807) is 0 Å². The Morgan fingerprint density at radius 2 is 0.413 bits per heavy atom. The molecule has 14 rings (SSSR count). The van der Waals surface area contributed by atoms with E-state index in [9.17, 15) is 0 Å². The lowest BCUT2D eigenvalue weighted by atomic mass is 9.69. The summed E-state index contributed by atoms with van der Waals surface area (Å²) in [7, 11) is 0. The molecule has 352 valence electrons. The maximum absolute atomic E-state index is 2.58. The van der Waals surface area contributed by atoms with Crippen molar-refractivity contribution < 1.29 is 0 Å². The summed E-state index contributed by atoms with van der Waals surface area (Å²) < 4.78 is 0.